The lowest BCUT2D eigenvalue weighted by molar-refractivity contribution is -0.141. The van der Waals surface area contributed by atoms with E-state index in [1.807, 2.05) is 24.3 Å². The van der Waals surface area contributed by atoms with E-state index in [1.54, 1.807) is 0 Å². The number of nitrogens with two attached hydrogens (primary N) is 1. The molecular formula is C21H32Cl2N2O2. The van der Waals surface area contributed by atoms with Gasteiger partial charge in [0.2, 0.25) is 5.91 Å². The van der Waals surface area contributed by atoms with Crippen LogP contribution in [0.15, 0.2) is 24.3 Å². The predicted octanol–water partition coefficient (Wildman–Crippen LogP) is 4.32. The number of benzene rings is 1. The summed E-state index contributed by atoms with van der Waals surface area (Å²) in [5, 5.41) is 0.725. The van der Waals surface area contributed by atoms with Gasteiger partial charge in [-0.25, -0.2) is 0 Å². The fourth-order valence-corrected chi connectivity index (χ4v) is 4.54. The van der Waals surface area contributed by atoms with Gasteiger partial charge in [0, 0.05) is 24.7 Å². The molecule has 6 heteroatoms. The van der Waals surface area contributed by atoms with Crippen molar-refractivity contribution in [1.82, 2.24) is 4.90 Å². The summed E-state index contributed by atoms with van der Waals surface area (Å²) >= 11 is 6.08. The van der Waals surface area contributed by atoms with Crippen LogP contribution in [0.5, 0.6) is 0 Å². The van der Waals surface area contributed by atoms with Crippen molar-refractivity contribution in [2.75, 3.05) is 26.2 Å². The van der Waals surface area contributed by atoms with E-state index in [0.29, 0.717) is 12.5 Å². The molecule has 152 valence electrons. The Morgan fingerprint density at radius 3 is 2.37 bits per heavy atom. The summed E-state index contributed by atoms with van der Waals surface area (Å²) in [5.74, 6) is 0.305. The van der Waals surface area contributed by atoms with Gasteiger partial charge in [-0.3, -0.25) is 4.79 Å². The first-order valence-electron chi connectivity index (χ1n) is 10.0. The quantitative estimate of drug-likeness (QED) is 0.704. The molecule has 1 amide bonds. The molecular weight excluding hydrogens is 383 g/mol. The molecule has 3 rings (SSSR count). The maximum absolute atomic E-state index is 13.6. The van der Waals surface area contributed by atoms with Gasteiger partial charge in [-0.05, 0) is 56.3 Å². The Morgan fingerprint density at radius 2 is 1.78 bits per heavy atom. The average molecular weight is 415 g/mol. The Hall–Kier alpha value is -0.810. The average Bonchev–Trinajstić information content (AvgIpc) is 2.69. The van der Waals surface area contributed by atoms with Gasteiger partial charge in [-0.1, -0.05) is 43.0 Å². The molecule has 1 aromatic carbocycles. The second-order valence-electron chi connectivity index (χ2n) is 7.65. The number of ether oxygens (including phenoxy) is 1. The van der Waals surface area contributed by atoms with Crippen LogP contribution in [0.4, 0.5) is 0 Å². The largest absolute Gasteiger partial charge is 0.378 e. The minimum atomic E-state index is -0.365. The van der Waals surface area contributed by atoms with Crippen LogP contribution in [-0.2, 0) is 14.9 Å². The zero-order chi connectivity index (χ0) is 18.4. The van der Waals surface area contributed by atoms with Crippen molar-refractivity contribution in [2.24, 2.45) is 5.73 Å². The van der Waals surface area contributed by atoms with Gasteiger partial charge in [0.15, 0.2) is 0 Å². The number of carbonyl (C=O) groups is 1. The zero-order valence-electron chi connectivity index (χ0n) is 16.0. The van der Waals surface area contributed by atoms with Crippen LogP contribution >= 0.6 is 24.0 Å². The molecule has 1 saturated heterocycles. The molecule has 0 radical (unpaired) electrons. The number of hydrogen-bond donors (Lipinski definition) is 1. The molecule has 4 nitrogen and oxygen atoms in total. The van der Waals surface area contributed by atoms with Crippen LogP contribution in [0.1, 0.15) is 56.9 Å². The van der Waals surface area contributed by atoms with Crippen LogP contribution in [0.2, 0.25) is 5.02 Å². The SMILES string of the molecule is Cl.NCCCOC1CCN(C(=O)C2(c3ccc(Cl)cc3)CCCCC2)CC1. The van der Waals surface area contributed by atoms with Gasteiger partial charge in [-0.15, -0.1) is 12.4 Å². The first kappa shape index (κ1) is 22.5. The number of halogens is 2. The molecule has 1 aliphatic heterocycles. The van der Waals surface area contributed by atoms with Crippen molar-refractivity contribution in [1.29, 1.82) is 0 Å². The summed E-state index contributed by atoms with van der Waals surface area (Å²) in [7, 11) is 0. The lowest BCUT2D eigenvalue weighted by atomic mass is 9.68. The smallest absolute Gasteiger partial charge is 0.233 e. The Kier molecular flexibility index (Phi) is 8.87. The summed E-state index contributed by atoms with van der Waals surface area (Å²) in [4.78, 5) is 15.6. The summed E-state index contributed by atoms with van der Waals surface area (Å²) < 4.78 is 5.89. The Morgan fingerprint density at radius 1 is 1.15 bits per heavy atom. The van der Waals surface area contributed by atoms with Crippen LogP contribution < -0.4 is 5.73 Å². The fraction of sp³-hybridized carbons (Fsp3) is 0.667. The predicted molar refractivity (Wildman–Crippen MR) is 113 cm³/mol. The molecule has 27 heavy (non-hydrogen) atoms. The number of amides is 1. The van der Waals surface area contributed by atoms with Crippen molar-refractivity contribution in [3.8, 4) is 0 Å². The highest BCUT2D eigenvalue weighted by molar-refractivity contribution is 6.30. The van der Waals surface area contributed by atoms with E-state index in [4.69, 9.17) is 22.1 Å². The molecule has 0 aromatic heterocycles. The van der Waals surface area contributed by atoms with E-state index in [9.17, 15) is 4.79 Å². The highest BCUT2D eigenvalue weighted by Gasteiger charge is 2.44. The Bertz CT molecular complexity index is 580. The topological polar surface area (TPSA) is 55.6 Å². The van der Waals surface area contributed by atoms with Gasteiger partial charge >= 0.3 is 0 Å². The zero-order valence-corrected chi connectivity index (χ0v) is 17.6. The number of nitrogens with zero attached hydrogens (tertiary/aromatic N) is 1. The number of carbonyl (C=O) groups excluding carboxylic acids is 1. The van der Waals surface area contributed by atoms with Gasteiger partial charge in [0.25, 0.3) is 0 Å². The number of piperidine rings is 1. The van der Waals surface area contributed by atoms with Crippen molar-refractivity contribution >= 4 is 29.9 Å². The third-order valence-corrected chi connectivity index (χ3v) is 6.20. The third-order valence-electron chi connectivity index (χ3n) is 5.94. The molecule has 2 fully saturated rings. The van der Waals surface area contributed by atoms with Crippen molar-refractivity contribution in [3.05, 3.63) is 34.9 Å². The number of rotatable bonds is 6. The summed E-state index contributed by atoms with van der Waals surface area (Å²) in [6.45, 7) is 2.98. The lowest BCUT2D eigenvalue weighted by Crippen LogP contribution is -2.51. The van der Waals surface area contributed by atoms with E-state index in [0.717, 1.165) is 75.2 Å². The minimum absolute atomic E-state index is 0. The van der Waals surface area contributed by atoms with E-state index in [2.05, 4.69) is 4.90 Å². The van der Waals surface area contributed by atoms with E-state index in [1.165, 1.54) is 6.42 Å². The lowest BCUT2D eigenvalue weighted by Gasteiger charge is -2.42. The standard InChI is InChI=1S/C21H31ClN2O2.ClH/c22-18-7-5-17(6-8-18)21(11-2-1-3-12-21)20(25)24-14-9-19(10-15-24)26-16-4-13-23;/h5-8,19H,1-4,9-16,23H2;1H. The van der Waals surface area contributed by atoms with Gasteiger partial charge in [0.05, 0.1) is 11.5 Å². The molecule has 1 saturated carbocycles. The van der Waals surface area contributed by atoms with Crippen molar-refractivity contribution in [3.63, 3.8) is 0 Å². The van der Waals surface area contributed by atoms with Crippen molar-refractivity contribution < 1.29 is 9.53 Å². The fourth-order valence-electron chi connectivity index (χ4n) is 4.41. The van der Waals surface area contributed by atoms with Gasteiger partial charge < -0.3 is 15.4 Å². The normalized spacial score (nSPS) is 20.1. The van der Waals surface area contributed by atoms with E-state index >= 15 is 0 Å². The molecule has 2 N–H and O–H groups in total. The maximum atomic E-state index is 13.6. The summed E-state index contributed by atoms with van der Waals surface area (Å²) in [5.41, 5.74) is 6.29. The first-order chi connectivity index (χ1) is 12.7. The highest BCUT2D eigenvalue weighted by atomic mass is 35.5. The minimum Gasteiger partial charge on any atom is -0.378 e. The molecule has 1 aromatic rings. The highest BCUT2D eigenvalue weighted by Crippen LogP contribution is 2.42. The van der Waals surface area contributed by atoms with E-state index in [-0.39, 0.29) is 23.9 Å². The third kappa shape index (κ3) is 5.38. The molecule has 2 aliphatic rings. The van der Waals surface area contributed by atoms with E-state index < -0.39 is 0 Å². The van der Waals surface area contributed by atoms with Gasteiger partial charge in [-0.2, -0.15) is 0 Å². The van der Waals surface area contributed by atoms with Crippen molar-refractivity contribution in [2.45, 2.75) is 62.9 Å². The first-order valence-corrected chi connectivity index (χ1v) is 10.4. The Balaban J connectivity index is 0.00000261. The molecule has 1 aliphatic carbocycles. The summed E-state index contributed by atoms with van der Waals surface area (Å²) in [6, 6.07) is 7.93. The maximum Gasteiger partial charge on any atom is 0.233 e. The number of hydrogen-bond acceptors (Lipinski definition) is 3. The second-order valence-corrected chi connectivity index (χ2v) is 8.09. The molecule has 0 unspecified atom stereocenters. The molecule has 0 bridgehead atoms. The molecule has 0 spiro atoms. The number of likely N-dealkylation sites (tertiary alicyclic amines) is 1. The van der Waals surface area contributed by atoms with Crippen LogP contribution in [0.3, 0.4) is 0 Å². The van der Waals surface area contributed by atoms with Crippen LogP contribution in [0, 0.1) is 0 Å². The monoisotopic (exact) mass is 414 g/mol. The second kappa shape index (κ2) is 10.7. The van der Waals surface area contributed by atoms with Crippen LogP contribution in [-0.4, -0.2) is 43.2 Å². The molecule has 1 heterocycles. The Labute approximate surface area is 174 Å². The van der Waals surface area contributed by atoms with Gasteiger partial charge in [0.1, 0.15) is 0 Å². The molecule has 0 atom stereocenters. The summed E-state index contributed by atoms with van der Waals surface area (Å²) in [6.07, 6.45) is 8.36. The van der Waals surface area contributed by atoms with Crippen LogP contribution in [0.25, 0.3) is 0 Å².